The van der Waals surface area contributed by atoms with Gasteiger partial charge in [0.1, 0.15) is 11.9 Å². The van der Waals surface area contributed by atoms with Gasteiger partial charge < -0.3 is 31.1 Å². The minimum Gasteiger partial charge on any atom is -0.488 e. The summed E-state index contributed by atoms with van der Waals surface area (Å²) in [5.74, 6) is -1.42. The summed E-state index contributed by atoms with van der Waals surface area (Å²) in [6, 6.07) is 18.1. The van der Waals surface area contributed by atoms with E-state index in [1.54, 1.807) is 48.2 Å². The van der Waals surface area contributed by atoms with Crippen LogP contribution in [0.2, 0.25) is 0 Å². The molecule has 10 nitrogen and oxygen atoms in total. The fourth-order valence-corrected chi connectivity index (χ4v) is 5.25. The molecular weight excluding hydrogens is 615 g/mol. The Bertz CT molecular complexity index is 1570. The zero-order chi connectivity index (χ0) is 34.3. The number of hydrogen-bond acceptors (Lipinski definition) is 7. The van der Waals surface area contributed by atoms with Crippen molar-refractivity contribution in [2.24, 2.45) is 5.92 Å². The van der Waals surface area contributed by atoms with Crippen LogP contribution in [0.4, 0.5) is 30.2 Å². The number of anilines is 3. The first kappa shape index (κ1) is 35.2. The second kappa shape index (κ2) is 15.3. The standard InChI is InChI=1S/C34H40F3N5O5/c1-21-17-42(22(2)20-43)33(46)26-16-25(39-31(44)14-15-34(35,36)37)12-13-29(26)47-30(21)19-41(3)18-23-8-10-24(11-9-23)32(45)40-28-7-5-4-6-27(28)38/h4-13,16,21-22,30,43H,14-15,17-20,38H2,1-3H3,(H,39,44)(H,40,45)/t21-,22+,30-/m1/s1. The van der Waals surface area contributed by atoms with Crippen molar-refractivity contribution in [1.29, 1.82) is 0 Å². The number of benzene rings is 3. The molecule has 0 fully saturated rings. The number of nitrogens with zero attached hydrogens (tertiary/aromatic N) is 2. The normalized spacial score (nSPS) is 17.3. The van der Waals surface area contributed by atoms with Crippen LogP contribution in [-0.4, -0.2) is 77.7 Å². The van der Waals surface area contributed by atoms with Gasteiger partial charge in [0.05, 0.1) is 36.0 Å². The number of ether oxygens (including phenoxy) is 1. The number of carbonyl (C=O) groups excluding carboxylic acids is 3. The van der Waals surface area contributed by atoms with Crippen molar-refractivity contribution in [3.8, 4) is 5.75 Å². The molecule has 0 radical (unpaired) electrons. The van der Waals surface area contributed by atoms with Crippen LogP contribution in [0, 0.1) is 5.92 Å². The van der Waals surface area contributed by atoms with Crippen molar-refractivity contribution < 1.29 is 37.4 Å². The van der Waals surface area contributed by atoms with Gasteiger partial charge in [-0.15, -0.1) is 0 Å². The maximum absolute atomic E-state index is 13.6. The van der Waals surface area contributed by atoms with E-state index in [1.807, 2.05) is 26.1 Å². The highest BCUT2D eigenvalue weighted by Crippen LogP contribution is 2.31. The number of halogens is 3. The van der Waals surface area contributed by atoms with Gasteiger partial charge in [-0.2, -0.15) is 13.2 Å². The predicted octanol–water partition coefficient (Wildman–Crippen LogP) is 5.15. The van der Waals surface area contributed by atoms with Crippen LogP contribution in [0.25, 0.3) is 0 Å². The lowest BCUT2D eigenvalue weighted by Gasteiger charge is -2.38. The van der Waals surface area contributed by atoms with E-state index in [2.05, 4.69) is 15.5 Å². The largest absolute Gasteiger partial charge is 0.488 e. The predicted molar refractivity (Wildman–Crippen MR) is 173 cm³/mol. The number of aliphatic hydroxyl groups excluding tert-OH is 1. The average Bonchev–Trinajstić information content (AvgIpc) is 3.02. The molecule has 0 spiro atoms. The number of carbonyl (C=O) groups is 3. The Morgan fingerprint density at radius 3 is 2.47 bits per heavy atom. The molecule has 0 aliphatic carbocycles. The fraction of sp³-hybridized carbons (Fsp3) is 0.382. The maximum Gasteiger partial charge on any atom is 0.389 e. The number of nitrogens with one attached hydrogen (secondary N) is 2. The molecule has 3 aromatic rings. The van der Waals surface area contributed by atoms with Gasteiger partial charge in [0.15, 0.2) is 0 Å². The molecule has 0 unspecified atom stereocenters. The Labute approximate surface area is 271 Å². The van der Waals surface area contributed by atoms with Crippen molar-refractivity contribution in [1.82, 2.24) is 9.80 Å². The molecule has 4 rings (SSSR count). The number of para-hydroxylation sites is 2. The molecule has 1 aliphatic rings. The molecule has 0 saturated carbocycles. The van der Waals surface area contributed by atoms with Crippen LogP contribution in [0.3, 0.4) is 0 Å². The summed E-state index contributed by atoms with van der Waals surface area (Å²) >= 11 is 0. The second-order valence-corrected chi connectivity index (χ2v) is 11.9. The van der Waals surface area contributed by atoms with Gasteiger partial charge in [-0.3, -0.25) is 19.3 Å². The number of rotatable bonds is 11. The van der Waals surface area contributed by atoms with Crippen molar-refractivity contribution in [2.75, 3.05) is 43.1 Å². The monoisotopic (exact) mass is 655 g/mol. The number of fused-ring (bicyclic) bond motifs is 1. The van der Waals surface area contributed by atoms with Gasteiger partial charge in [-0.1, -0.05) is 31.2 Å². The lowest BCUT2D eigenvalue weighted by molar-refractivity contribution is -0.142. The van der Waals surface area contributed by atoms with Crippen molar-refractivity contribution >= 4 is 34.8 Å². The Morgan fingerprint density at radius 1 is 1.11 bits per heavy atom. The van der Waals surface area contributed by atoms with Gasteiger partial charge in [-0.25, -0.2) is 0 Å². The summed E-state index contributed by atoms with van der Waals surface area (Å²) in [4.78, 5) is 42.1. The quantitative estimate of drug-likeness (QED) is 0.210. The molecule has 13 heteroatoms. The number of nitrogen functional groups attached to an aromatic ring is 1. The zero-order valence-electron chi connectivity index (χ0n) is 26.5. The summed E-state index contributed by atoms with van der Waals surface area (Å²) in [6.07, 6.45) is -6.87. The lowest BCUT2D eigenvalue weighted by atomic mass is 9.99. The first-order chi connectivity index (χ1) is 22.2. The number of hydrogen-bond donors (Lipinski definition) is 4. The van der Waals surface area contributed by atoms with E-state index in [1.165, 1.54) is 18.2 Å². The van der Waals surface area contributed by atoms with Crippen molar-refractivity contribution in [3.63, 3.8) is 0 Å². The maximum atomic E-state index is 13.6. The summed E-state index contributed by atoms with van der Waals surface area (Å²) in [5.41, 5.74) is 8.66. The smallest absolute Gasteiger partial charge is 0.389 e. The molecule has 5 N–H and O–H groups in total. The van der Waals surface area contributed by atoms with Crippen LogP contribution in [-0.2, 0) is 11.3 Å². The second-order valence-electron chi connectivity index (χ2n) is 11.9. The minimum atomic E-state index is -4.47. The molecular formula is C34H40F3N5O5. The van der Waals surface area contributed by atoms with E-state index >= 15 is 0 Å². The van der Waals surface area contributed by atoms with Crippen molar-refractivity contribution in [2.45, 2.75) is 51.6 Å². The van der Waals surface area contributed by atoms with E-state index in [-0.39, 0.29) is 42.0 Å². The first-order valence-electron chi connectivity index (χ1n) is 15.3. The number of likely N-dealkylation sites (N-methyl/N-ethyl adjacent to an activating group) is 1. The molecule has 1 heterocycles. The van der Waals surface area contributed by atoms with E-state index in [4.69, 9.17) is 10.5 Å². The van der Waals surface area contributed by atoms with Gasteiger partial charge >= 0.3 is 6.18 Å². The fourth-order valence-electron chi connectivity index (χ4n) is 5.25. The van der Waals surface area contributed by atoms with Gasteiger partial charge in [-0.05, 0) is 62.0 Å². The highest BCUT2D eigenvalue weighted by atomic mass is 19.4. The Balaban J connectivity index is 1.47. The summed E-state index contributed by atoms with van der Waals surface area (Å²) < 4.78 is 44.1. The molecule has 0 saturated heterocycles. The first-order valence-corrected chi connectivity index (χ1v) is 15.3. The van der Waals surface area contributed by atoms with E-state index < -0.39 is 43.0 Å². The van der Waals surface area contributed by atoms with Gasteiger partial charge in [0.25, 0.3) is 11.8 Å². The highest BCUT2D eigenvalue weighted by molar-refractivity contribution is 6.05. The lowest BCUT2D eigenvalue weighted by Crippen LogP contribution is -2.49. The third-order valence-corrected chi connectivity index (χ3v) is 7.95. The molecule has 1 aliphatic heterocycles. The van der Waals surface area contributed by atoms with E-state index in [9.17, 15) is 32.7 Å². The van der Waals surface area contributed by atoms with E-state index in [0.717, 1.165) is 5.56 Å². The van der Waals surface area contributed by atoms with Crippen LogP contribution in [0.5, 0.6) is 5.75 Å². The summed E-state index contributed by atoms with van der Waals surface area (Å²) in [6.45, 7) is 4.66. The number of nitrogens with two attached hydrogens (primary N) is 1. The molecule has 252 valence electrons. The number of alkyl halides is 3. The topological polar surface area (TPSA) is 137 Å². The molecule has 47 heavy (non-hydrogen) atoms. The summed E-state index contributed by atoms with van der Waals surface area (Å²) in [5, 5.41) is 15.1. The van der Waals surface area contributed by atoms with Crippen LogP contribution in [0.15, 0.2) is 66.7 Å². The van der Waals surface area contributed by atoms with Crippen molar-refractivity contribution in [3.05, 3.63) is 83.4 Å². The van der Waals surface area contributed by atoms with Crippen LogP contribution >= 0.6 is 0 Å². The Kier molecular flexibility index (Phi) is 11.5. The zero-order valence-corrected chi connectivity index (χ0v) is 26.5. The molecule has 3 atom stereocenters. The average molecular weight is 656 g/mol. The summed E-state index contributed by atoms with van der Waals surface area (Å²) in [7, 11) is 1.92. The Hall–Kier alpha value is -4.62. The Morgan fingerprint density at radius 2 is 1.81 bits per heavy atom. The molecule has 3 amide bonds. The third-order valence-electron chi connectivity index (χ3n) is 7.95. The van der Waals surface area contributed by atoms with Crippen LogP contribution in [0.1, 0.15) is 53.0 Å². The van der Waals surface area contributed by atoms with Gasteiger partial charge in [0.2, 0.25) is 5.91 Å². The SMILES string of the molecule is C[C@@H]1CN([C@@H](C)CO)C(=O)c2cc(NC(=O)CCC(F)(F)F)ccc2O[C@@H]1CN(C)Cc1ccc(C(=O)Nc2ccccc2N)cc1. The highest BCUT2D eigenvalue weighted by Gasteiger charge is 2.34. The minimum absolute atomic E-state index is 0.129. The van der Waals surface area contributed by atoms with Crippen LogP contribution < -0.4 is 21.1 Å². The molecule has 0 aromatic heterocycles. The number of amides is 3. The third kappa shape index (κ3) is 9.69. The molecule has 0 bridgehead atoms. The number of aliphatic hydroxyl groups is 1. The van der Waals surface area contributed by atoms with E-state index in [0.29, 0.717) is 30.0 Å². The molecule has 3 aromatic carbocycles. The van der Waals surface area contributed by atoms with Gasteiger partial charge in [0, 0.05) is 43.2 Å².